The van der Waals surface area contributed by atoms with E-state index in [9.17, 15) is 9.59 Å². The number of methoxy groups -OCH3 is 1. The molecule has 1 heterocycles. The van der Waals surface area contributed by atoms with Crippen LogP contribution in [0, 0.1) is 0 Å². The monoisotopic (exact) mass is 354 g/mol. The van der Waals surface area contributed by atoms with Gasteiger partial charge in [0.2, 0.25) is 11.8 Å². The molecule has 134 valence electrons. The van der Waals surface area contributed by atoms with Crippen molar-refractivity contribution in [2.75, 3.05) is 19.5 Å². The van der Waals surface area contributed by atoms with Crippen LogP contribution < -0.4 is 16.4 Å². The number of aryl methyl sites for hydroxylation is 1. The van der Waals surface area contributed by atoms with Gasteiger partial charge in [-0.15, -0.1) is 11.3 Å². The molecule has 0 aromatic carbocycles. The van der Waals surface area contributed by atoms with Crippen molar-refractivity contribution in [2.24, 2.45) is 0 Å². The third-order valence-corrected chi connectivity index (χ3v) is 4.84. The Morgan fingerprint density at radius 1 is 1.29 bits per heavy atom. The first-order chi connectivity index (χ1) is 11.6. The number of hydrogen-bond donors (Lipinski definition) is 3. The Kier molecular flexibility index (Phi) is 7.45. The largest absolute Gasteiger partial charge is 0.384 e. The van der Waals surface area contributed by atoms with E-state index in [-0.39, 0.29) is 23.9 Å². The summed E-state index contributed by atoms with van der Waals surface area (Å²) in [6, 6.07) is 0.256. The first-order valence-corrected chi connectivity index (χ1v) is 9.22. The molecule has 0 saturated heterocycles. The second-order valence-electron chi connectivity index (χ2n) is 6.12. The van der Waals surface area contributed by atoms with Gasteiger partial charge in [0.05, 0.1) is 12.3 Å². The maximum atomic E-state index is 12.1. The lowest BCUT2D eigenvalue weighted by atomic mass is 9.90. The van der Waals surface area contributed by atoms with Gasteiger partial charge in [-0.25, -0.2) is 4.98 Å². The Balaban J connectivity index is 1.69. The smallest absolute Gasteiger partial charge is 0.222 e. The van der Waals surface area contributed by atoms with Gasteiger partial charge in [-0.3, -0.25) is 9.59 Å². The Morgan fingerprint density at radius 2 is 1.96 bits per heavy atom. The molecule has 1 aliphatic rings. The highest BCUT2D eigenvalue weighted by Crippen LogP contribution is 2.19. The number of aromatic nitrogens is 1. The zero-order chi connectivity index (χ0) is 17.4. The molecule has 8 heteroatoms. The van der Waals surface area contributed by atoms with Crippen molar-refractivity contribution >= 4 is 28.3 Å². The number of nitrogens with zero attached hydrogens (tertiary/aromatic N) is 1. The first kappa shape index (κ1) is 18.7. The number of nitrogens with two attached hydrogens (primary N) is 1. The first-order valence-electron chi connectivity index (χ1n) is 8.34. The standard InChI is InChI=1S/C16H26N4O3S/c1-23-8-7-15(22)19-12-4-2-3-11(9-12)18-14(21)6-5-13-10-24-16(17)20-13/h10-12H,2-9H2,1H3,(H2,17,20)(H,18,21)(H,19,22)/t11-,12+/m0/s1. The number of rotatable bonds is 8. The highest BCUT2D eigenvalue weighted by molar-refractivity contribution is 7.13. The molecule has 1 aromatic heterocycles. The van der Waals surface area contributed by atoms with Crippen molar-refractivity contribution in [1.82, 2.24) is 15.6 Å². The van der Waals surface area contributed by atoms with Crippen LogP contribution in [0.5, 0.6) is 0 Å². The predicted molar refractivity (Wildman–Crippen MR) is 93.7 cm³/mol. The maximum Gasteiger partial charge on any atom is 0.222 e. The van der Waals surface area contributed by atoms with E-state index in [1.165, 1.54) is 11.3 Å². The second-order valence-corrected chi connectivity index (χ2v) is 7.01. The zero-order valence-electron chi connectivity index (χ0n) is 14.0. The summed E-state index contributed by atoms with van der Waals surface area (Å²) in [7, 11) is 1.58. The molecular formula is C16H26N4O3S. The Labute approximate surface area is 146 Å². The van der Waals surface area contributed by atoms with Crippen LogP contribution in [-0.2, 0) is 20.7 Å². The minimum atomic E-state index is 0.00921. The molecule has 2 atom stereocenters. The van der Waals surface area contributed by atoms with Crippen LogP contribution in [0.2, 0.25) is 0 Å². The van der Waals surface area contributed by atoms with Gasteiger partial charge in [-0.05, 0) is 32.1 Å². The van der Waals surface area contributed by atoms with Crippen LogP contribution in [0.25, 0.3) is 0 Å². The molecule has 2 amide bonds. The fraction of sp³-hybridized carbons (Fsp3) is 0.688. The van der Waals surface area contributed by atoms with Crippen molar-refractivity contribution in [3.63, 3.8) is 0 Å². The number of ether oxygens (including phenoxy) is 1. The van der Waals surface area contributed by atoms with Crippen LogP contribution in [0.4, 0.5) is 5.13 Å². The van der Waals surface area contributed by atoms with Crippen LogP contribution in [0.15, 0.2) is 5.38 Å². The highest BCUT2D eigenvalue weighted by Gasteiger charge is 2.24. The van der Waals surface area contributed by atoms with E-state index in [1.54, 1.807) is 7.11 Å². The number of nitrogens with one attached hydrogen (secondary N) is 2. The summed E-state index contributed by atoms with van der Waals surface area (Å²) in [6.45, 7) is 0.430. The van der Waals surface area contributed by atoms with E-state index in [2.05, 4.69) is 15.6 Å². The maximum absolute atomic E-state index is 12.1. The van der Waals surface area contributed by atoms with Gasteiger partial charge in [0.15, 0.2) is 5.13 Å². The number of hydrogen-bond acceptors (Lipinski definition) is 6. The lowest BCUT2D eigenvalue weighted by Gasteiger charge is -2.30. The summed E-state index contributed by atoms with van der Waals surface area (Å²) < 4.78 is 4.91. The van der Waals surface area contributed by atoms with Gasteiger partial charge < -0.3 is 21.1 Å². The molecule has 0 bridgehead atoms. The molecule has 7 nitrogen and oxygen atoms in total. The van der Waals surface area contributed by atoms with Gasteiger partial charge in [0.25, 0.3) is 0 Å². The lowest BCUT2D eigenvalue weighted by molar-refractivity contribution is -0.122. The van der Waals surface area contributed by atoms with E-state index in [0.717, 1.165) is 31.4 Å². The second kappa shape index (κ2) is 9.58. The quantitative estimate of drug-likeness (QED) is 0.651. The number of thiazole rings is 1. The Hall–Kier alpha value is -1.67. The molecule has 4 N–H and O–H groups in total. The predicted octanol–water partition coefficient (Wildman–Crippen LogP) is 1.24. The molecule has 1 fully saturated rings. The van der Waals surface area contributed by atoms with Gasteiger partial charge >= 0.3 is 0 Å². The van der Waals surface area contributed by atoms with Crippen molar-refractivity contribution < 1.29 is 14.3 Å². The molecule has 1 aliphatic carbocycles. The Bertz CT molecular complexity index is 549. The van der Waals surface area contributed by atoms with Gasteiger partial charge in [0, 0.05) is 37.4 Å². The average Bonchev–Trinajstić information content (AvgIpc) is 2.97. The van der Waals surface area contributed by atoms with Gasteiger partial charge in [-0.1, -0.05) is 0 Å². The molecule has 1 aromatic rings. The number of anilines is 1. The van der Waals surface area contributed by atoms with Crippen molar-refractivity contribution in [3.05, 3.63) is 11.1 Å². The molecule has 24 heavy (non-hydrogen) atoms. The van der Waals surface area contributed by atoms with E-state index in [4.69, 9.17) is 10.5 Å². The third-order valence-electron chi connectivity index (χ3n) is 4.12. The minimum absolute atomic E-state index is 0.00921. The van der Waals surface area contributed by atoms with Crippen LogP contribution >= 0.6 is 11.3 Å². The number of carbonyl (C=O) groups is 2. The topological polar surface area (TPSA) is 106 Å². The zero-order valence-corrected chi connectivity index (χ0v) is 14.9. The van der Waals surface area contributed by atoms with E-state index >= 15 is 0 Å². The fourth-order valence-corrected chi connectivity index (χ4v) is 3.52. The normalized spacial score (nSPS) is 20.5. The van der Waals surface area contributed by atoms with Gasteiger partial charge in [-0.2, -0.15) is 0 Å². The molecular weight excluding hydrogens is 328 g/mol. The van der Waals surface area contributed by atoms with Crippen molar-refractivity contribution in [2.45, 2.75) is 57.0 Å². The van der Waals surface area contributed by atoms with Gasteiger partial charge in [0.1, 0.15) is 0 Å². The number of carbonyl (C=O) groups excluding carboxylic acids is 2. The van der Waals surface area contributed by atoms with Crippen molar-refractivity contribution in [3.8, 4) is 0 Å². The summed E-state index contributed by atoms with van der Waals surface area (Å²) in [6.07, 6.45) is 5.09. The molecule has 1 saturated carbocycles. The average molecular weight is 354 g/mol. The van der Waals surface area contributed by atoms with E-state index in [1.807, 2.05) is 5.38 Å². The molecule has 2 rings (SSSR count). The van der Waals surface area contributed by atoms with Crippen LogP contribution in [-0.4, -0.2) is 42.6 Å². The number of amides is 2. The molecule has 0 spiro atoms. The fourth-order valence-electron chi connectivity index (χ4n) is 2.93. The molecule has 0 unspecified atom stereocenters. The highest BCUT2D eigenvalue weighted by atomic mass is 32.1. The van der Waals surface area contributed by atoms with E-state index < -0.39 is 0 Å². The summed E-state index contributed by atoms with van der Waals surface area (Å²) in [4.78, 5) is 28.0. The van der Waals surface area contributed by atoms with Crippen LogP contribution in [0.1, 0.15) is 44.2 Å². The Morgan fingerprint density at radius 3 is 2.54 bits per heavy atom. The number of nitrogen functional groups attached to an aromatic ring is 1. The molecule has 0 aliphatic heterocycles. The SMILES string of the molecule is COCCC(=O)N[C@@H]1CCC[C@H](NC(=O)CCc2csc(N)n2)C1. The minimum Gasteiger partial charge on any atom is -0.384 e. The van der Waals surface area contributed by atoms with Crippen LogP contribution in [0.3, 0.4) is 0 Å². The third kappa shape index (κ3) is 6.45. The summed E-state index contributed by atoms with van der Waals surface area (Å²) >= 11 is 1.39. The summed E-state index contributed by atoms with van der Waals surface area (Å²) in [5, 5.41) is 8.51. The van der Waals surface area contributed by atoms with E-state index in [0.29, 0.717) is 31.0 Å². The molecule has 0 radical (unpaired) electrons. The lowest BCUT2D eigenvalue weighted by Crippen LogP contribution is -2.46. The summed E-state index contributed by atoms with van der Waals surface area (Å²) in [5.74, 6) is 0.0351. The summed E-state index contributed by atoms with van der Waals surface area (Å²) in [5.41, 5.74) is 6.45. The van der Waals surface area contributed by atoms with Crippen molar-refractivity contribution in [1.29, 1.82) is 0 Å².